The summed E-state index contributed by atoms with van der Waals surface area (Å²) in [5.74, 6) is 0.263. The van der Waals surface area contributed by atoms with Crippen LogP contribution < -0.4 is 10.6 Å². The van der Waals surface area contributed by atoms with Gasteiger partial charge in [-0.3, -0.25) is 4.79 Å². The maximum absolute atomic E-state index is 11.5. The molecule has 74 valence electrons. The van der Waals surface area contributed by atoms with Crippen LogP contribution in [0.25, 0.3) is 0 Å². The van der Waals surface area contributed by atoms with Crippen LogP contribution in [0.5, 0.6) is 0 Å². The van der Waals surface area contributed by atoms with Gasteiger partial charge in [-0.05, 0) is 46.9 Å². The molecule has 1 aliphatic heterocycles. The fourth-order valence-electron chi connectivity index (χ4n) is 1.25. The molecule has 1 fully saturated rings. The first-order valence-corrected chi connectivity index (χ1v) is 5.61. The summed E-state index contributed by atoms with van der Waals surface area (Å²) in [6.45, 7) is 1.60. The van der Waals surface area contributed by atoms with Crippen molar-refractivity contribution in [3.8, 4) is 0 Å². The molecule has 1 amide bonds. The van der Waals surface area contributed by atoms with E-state index < -0.39 is 0 Å². The molecule has 0 bridgehead atoms. The van der Waals surface area contributed by atoms with Gasteiger partial charge in [-0.15, -0.1) is 0 Å². The zero-order valence-electron chi connectivity index (χ0n) is 7.59. The first-order chi connectivity index (χ1) is 6.75. The lowest BCUT2D eigenvalue weighted by Crippen LogP contribution is -2.48. The minimum Gasteiger partial charge on any atom is -0.326 e. The van der Waals surface area contributed by atoms with E-state index in [1.54, 1.807) is 0 Å². The molecule has 0 unspecified atom stereocenters. The van der Waals surface area contributed by atoms with Gasteiger partial charge in [-0.25, -0.2) is 0 Å². The van der Waals surface area contributed by atoms with E-state index in [-0.39, 0.29) is 11.8 Å². The molecule has 14 heavy (non-hydrogen) atoms. The lowest BCUT2D eigenvalue weighted by molar-refractivity contribution is -0.121. The molecule has 1 saturated heterocycles. The van der Waals surface area contributed by atoms with Gasteiger partial charge in [0.1, 0.15) is 0 Å². The number of hydrogen-bond acceptors (Lipinski definition) is 2. The van der Waals surface area contributed by atoms with E-state index in [0.29, 0.717) is 0 Å². The highest BCUT2D eigenvalue weighted by atomic mass is 127. The number of nitrogens with one attached hydrogen (secondary N) is 2. The largest absolute Gasteiger partial charge is 0.326 e. The summed E-state index contributed by atoms with van der Waals surface area (Å²) < 4.78 is 1.17. The van der Waals surface area contributed by atoms with Crippen LogP contribution in [0, 0.1) is 9.49 Å². The van der Waals surface area contributed by atoms with E-state index in [1.165, 1.54) is 3.57 Å². The number of anilines is 1. The third-order valence-corrected chi connectivity index (χ3v) is 2.98. The van der Waals surface area contributed by atoms with Gasteiger partial charge >= 0.3 is 0 Å². The molecule has 0 spiro atoms. The summed E-state index contributed by atoms with van der Waals surface area (Å²) in [4.78, 5) is 11.5. The van der Waals surface area contributed by atoms with Crippen LogP contribution in [0.3, 0.4) is 0 Å². The summed E-state index contributed by atoms with van der Waals surface area (Å²) in [6.07, 6.45) is 0. The molecule has 2 rings (SSSR count). The zero-order valence-corrected chi connectivity index (χ0v) is 9.74. The van der Waals surface area contributed by atoms with Crippen molar-refractivity contribution in [2.75, 3.05) is 18.4 Å². The number of benzene rings is 1. The predicted octanol–water partition coefficient (Wildman–Crippen LogP) is 1.45. The Labute approximate surface area is 96.4 Å². The van der Waals surface area contributed by atoms with E-state index >= 15 is 0 Å². The van der Waals surface area contributed by atoms with Gasteiger partial charge in [-0.2, -0.15) is 0 Å². The topological polar surface area (TPSA) is 41.1 Å². The smallest absolute Gasteiger partial charge is 0.230 e. The fraction of sp³-hybridized carbons (Fsp3) is 0.300. The maximum Gasteiger partial charge on any atom is 0.230 e. The first-order valence-electron chi connectivity index (χ1n) is 4.53. The highest BCUT2D eigenvalue weighted by Crippen LogP contribution is 2.13. The van der Waals surface area contributed by atoms with Crippen LogP contribution in [0.15, 0.2) is 24.3 Å². The Bertz CT molecular complexity index is 332. The predicted molar refractivity (Wildman–Crippen MR) is 64.1 cm³/mol. The number of rotatable bonds is 2. The summed E-state index contributed by atoms with van der Waals surface area (Å²) in [5.41, 5.74) is 0.877. The van der Waals surface area contributed by atoms with E-state index in [9.17, 15) is 4.79 Å². The fourth-order valence-corrected chi connectivity index (χ4v) is 1.61. The Morgan fingerprint density at radius 2 is 2.00 bits per heavy atom. The maximum atomic E-state index is 11.5. The minimum absolute atomic E-state index is 0.116. The summed E-state index contributed by atoms with van der Waals surface area (Å²) in [5, 5.41) is 5.96. The SMILES string of the molecule is O=C(Nc1ccc(I)cc1)C1CNC1. The van der Waals surface area contributed by atoms with Crippen LogP contribution in [0.4, 0.5) is 5.69 Å². The quantitative estimate of drug-likeness (QED) is 0.812. The van der Waals surface area contributed by atoms with Crippen molar-refractivity contribution in [3.63, 3.8) is 0 Å². The third-order valence-electron chi connectivity index (χ3n) is 2.26. The summed E-state index contributed by atoms with van der Waals surface area (Å²) in [6, 6.07) is 7.81. The van der Waals surface area contributed by atoms with Crippen molar-refractivity contribution in [1.29, 1.82) is 0 Å². The van der Waals surface area contributed by atoms with Crippen molar-refractivity contribution in [1.82, 2.24) is 5.32 Å². The Morgan fingerprint density at radius 3 is 2.50 bits per heavy atom. The molecule has 4 heteroatoms. The molecular weight excluding hydrogens is 291 g/mol. The Morgan fingerprint density at radius 1 is 1.36 bits per heavy atom. The molecule has 3 nitrogen and oxygen atoms in total. The number of halogens is 1. The molecular formula is C10H11IN2O. The molecule has 0 saturated carbocycles. The Hall–Kier alpha value is -0.620. The number of carbonyl (C=O) groups excluding carboxylic acids is 1. The van der Waals surface area contributed by atoms with Crippen LogP contribution >= 0.6 is 22.6 Å². The van der Waals surface area contributed by atoms with Crippen molar-refractivity contribution in [3.05, 3.63) is 27.8 Å². The highest BCUT2D eigenvalue weighted by molar-refractivity contribution is 14.1. The normalized spacial score (nSPS) is 16.1. The number of amides is 1. The van der Waals surface area contributed by atoms with Crippen LogP contribution in [-0.4, -0.2) is 19.0 Å². The average Bonchev–Trinajstić information content (AvgIpc) is 2.06. The van der Waals surface area contributed by atoms with Gasteiger partial charge in [0.15, 0.2) is 0 Å². The minimum atomic E-state index is 0.116. The van der Waals surface area contributed by atoms with E-state index in [2.05, 4.69) is 33.2 Å². The molecule has 1 aromatic carbocycles. The zero-order chi connectivity index (χ0) is 9.97. The van der Waals surface area contributed by atoms with Crippen molar-refractivity contribution in [2.45, 2.75) is 0 Å². The van der Waals surface area contributed by atoms with Gasteiger partial charge in [0.25, 0.3) is 0 Å². The molecule has 0 aromatic heterocycles. The van der Waals surface area contributed by atoms with Crippen molar-refractivity contribution < 1.29 is 4.79 Å². The van der Waals surface area contributed by atoms with Crippen molar-refractivity contribution >= 4 is 34.2 Å². The molecule has 1 heterocycles. The lowest BCUT2D eigenvalue weighted by atomic mass is 10.0. The Kier molecular flexibility index (Phi) is 3.02. The molecule has 2 N–H and O–H groups in total. The summed E-state index contributed by atoms with van der Waals surface area (Å²) in [7, 11) is 0. The Balaban J connectivity index is 1.96. The van der Waals surface area contributed by atoms with Crippen LogP contribution in [0.1, 0.15) is 0 Å². The lowest BCUT2D eigenvalue weighted by Gasteiger charge is -2.25. The van der Waals surface area contributed by atoms with Crippen molar-refractivity contribution in [2.24, 2.45) is 5.92 Å². The molecule has 1 aliphatic rings. The van der Waals surface area contributed by atoms with Gasteiger partial charge in [0, 0.05) is 22.3 Å². The third kappa shape index (κ3) is 2.24. The second-order valence-corrected chi connectivity index (χ2v) is 4.60. The molecule has 0 radical (unpaired) electrons. The van der Waals surface area contributed by atoms with Crippen LogP contribution in [0.2, 0.25) is 0 Å². The standard InChI is InChI=1S/C10H11IN2O/c11-8-1-3-9(4-2-8)13-10(14)7-5-12-6-7/h1-4,7,12H,5-6H2,(H,13,14). The van der Waals surface area contributed by atoms with Gasteiger partial charge < -0.3 is 10.6 Å². The molecule has 0 atom stereocenters. The molecule has 1 aromatic rings. The average molecular weight is 302 g/mol. The summed E-state index contributed by atoms with van der Waals surface area (Å²) >= 11 is 2.24. The van der Waals surface area contributed by atoms with E-state index in [0.717, 1.165) is 18.8 Å². The second kappa shape index (κ2) is 4.27. The van der Waals surface area contributed by atoms with E-state index in [1.807, 2.05) is 24.3 Å². The second-order valence-electron chi connectivity index (χ2n) is 3.35. The van der Waals surface area contributed by atoms with E-state index in [4.69, 9.17) is 0 Å². The van der Waals surface area contributed by atoms with Gasteiger partial charge in [0.05, 0.1) is 5.92 Å². The van der Waals surface area contributed by atoms with Gasteiger partial charge in [-0.1, -0.05) is 0 Å². The first kappa shape index (κ1) is 9.92. The molecule has 0 aliphatic carbocycles. The number of hydrogen-bond donors (Lipinski definition) is 2. The van der Waals surface area contributed by atoms with Crippen LogP contribution in [-0.2, 0) is 4.79 Å². The monoisotopic (exact) mass is 302 g/mol. The number of carbonyl (C=O) groups is 1. The van der Waals surface area contributed by atoms with Gasteiger partial charge in [0.2, 0.25) is 5.91 Å². The highest BCUT2D eigenvalue weighted by Gasteiger charge is 2.24.